The Hall–Kier alpha value is -1.49. The average Bonchev–Trinajstić information content (AvgIpc) is 2.28. The van der Waals surface area contributed by atoms with E-state index in [-0.39, 0.29) is 35.1 Å². The third kappa shape index (κ3) is 4.41. The van der Waals surface area contributed by atoms with E-state index in [4.69, 9.17) is 18.0 Å². The monoisotopic (exact) mass is 268 g/mol. The van der Waals surface area contributed by atoms with Gasteiger partial charge in [-0.05, 0) is 23.6 Å². The summed E-state index contributed by atoms with van der Waals surface area (Å²) >= 11 is 4.91. The van der Waals surface area contributed by atoms with E-state index in [2.05, 4.69) is 5.32 Å². The van der Waals surface area contributed by atoms with Gasteiger partial charge >= 0.3 is 0 Å². The first kappa shape index (κ1) is 14.6. The SMILES string of the molecule is CC(C)C(NC(=O)Cc1ccc(F)cc1)C(N)=S. The molecule has 0 aromatic heterocycles. The maximum absolute atomic E-state index is 12.7. The Morgan fingerprint density at radius 2 is 1.94 bits per heavy atom. The maximum atomic E-state index is 12.7. The van der Waals surface area contributed by atoms with Crippen molar-refractivity contribution >= 4 is 23.1 Å². The molecule has 0 saturated carbocycles. The van der Waals surface area contributed by atoms with Gasteiger partial charge in [0.15, 0.2) is 0 Å². The highest BCUT2D eigenvalue weighted by atomic mass is 32.1. The molecule has 1 aromatic rings. The van der Waals surface area contributed by atoms with E-state index in [1.807, 2.05) is 13.8 Å². The predicted octanol–water partition coefficient (Wildman–Crippen LogP) is 1.80. The molecule has 3 N–H and O–H groups in total. The van der Waals surface area contributed by atoms with Gasteiger partial charge in [0.05, 0.1) is 17.5 Å². The molecule has 0 aliphatic heterocycles. The zero-order valence-corrected chi connectivity index (χ0v) is 11.3. The van der Waals surface area contributed by atoms with Crippen molar-refractivity contribution in [3.63, 3.8) is 0 Å². The molecule has 1 aromatic carbocycles. The Balaban J connectivity index is 2.60. The van der Waals surface area contributed by atoms with Gasteiger partial charge in [-0.25, -0.2) is 4.39 Å². The fraction of sp³-hybridized carbons (Fsp3) is 0.385. The molecule has 1 amide bonds. The molecule has 0 radical (unpaired) electrons. The zero-order valence-electron chi connectivity index (χ0n) is 10.4. The molecule has 0 fully saturated rings. The van der Waals surface area contributed by atoms with Crippen LogP contribution >= 0.6 is 12.2 Å². The molecule has 18 heavy (non-hydrogen) atoms. The van der Waals surface area contributed by atoms with Gasteiger partial charge < -0.3 is 11.1 Å². The summed E-state index contributed by atoms with van der Waals surface area (Å²) in [6.07, 6.45) is 0.187. The van der Waals surface area contributed by atoms with Crippen LogP contribution in [0.1, 0.15) is 19.4 Å². The highest BCUT2D eigenvalue weighted by Gasteiger charge is 2.18. The average molecular weight is 268 g/mol. The summed E-state index contributed by atoms with van der Waals surface area (Å²) in [5.74, 6) is -0.352. The van der Waals surface area contributed by atoms with E-state index in [1.165, 1.54) is 12.1 Å². The Morgan fingerprint density at radius 1 is 1.39 bits per heavy atom. The third-order valence-corrected chi connectivity index (χ3v) is 2.82. The number of benzene rings is 1. The predicted molar refractivity (Wildman–Crippen MR) is 73.7 cm³/mol. The van der Waals surface area contributed by atoms with E-state index in [0.29, 0.717) is 0 Å². The minimum atomic E-state index is -0.317. The van der Waals surface area contributed by atoms with E-state index in [9.17, 15) is 9.18 Å². The highest BCUT2D eigenvalue weighted by molar-refractivity contribution is 7.80. The van der Waals surface area contributed by atoms with Crippen molar-refractivity contribution in [1.29, 1.82) is 0 Å². The quantitative estimate of drug-likeness (QED) is 0.801. The molecule has 1 atom stereocenters. The summed E-state index contributed by atoms with van der Waals surface area (Å²) in [7, 11) is 0. The first-order chi connectivity index (χ1) is 8.40. The number of carbonyl (C=O) groups is 1. The minimum absolute atomic E-state index is 0.139. The van der Waals surface area contributed by atoms with Crippen LogP contribution in [0, 0.1) is 11.7 Å². The molecule has 5 heteroatoms. The number of rotatable bonds is 5. The number of amides is 1. The topological polar surface area (TPSA) is 55.1 Å². The molecular formula is C13H17FN2OS. The van der Waals surface area contributed by atoms with E-state index >= 15 is 0 Å². The summed E-state index contributed by atoms with van der Waals surface area (Å²) in [6, 6.07) is 5.51. The van der Waals surface area contributed by atoms with Crippen molar-refractivity contribution in [3.05, 3.63) is 35.6 Å². The van der Waals surface area contributed by atoms with Crippen LogP contribution in [0.15, 0.2) is 24.3 Å². The van der Waals surface area contributed by atoms with Crippen LogP contribution in [-0.4, -0.2) is 16.9 Å². The van der Waals surface area contributed by atoms with Gasteiger partial charge in [0.25, 0.3) is 0 Å². The summed E-state index contributed by atoms with van der Waals surface area (Å²) in [5, 5.41) is 2.78. The largest absolute Gasteiger partial charge is 0.392 e. The lowest BCUT2D eigenvalue weighted by Crippen LogP contribution is -2.47. The number of nitrogens with one attached hydrogen (secondary N) is 1. The lowest BCUT2D eigenvalue weighted by molar-refractivity contribution is -0.120. The lowest BCUT2D eigenvalue weighted by atomic mass is 10.0. The molecule has 0 aliphatic carbocycles. The Kier molecular flexibility index (Phi) is 5.22. The Labute approximate surface area is 112 Å². The van der Waals surface area contributed by atoms with Gasteiger partial charge in [-0.3, -0.25) is 4.79 Å². The van der Waals surface area contributed by atoms with Crippen LogP contribution in [0.2, 0.25) is 0 Å². The van der Waals surface area contributed by atoms with Gasteiger partial charge in [0, 0.05) is 0 Å². The maximum Gasteiger partial charge on any atom is 0.224 e. The van der Waals surface area contributed by atoms with Crippen LogP contribution in [0.4, 0.5) is 4.39 Å². The summed E-state index contributed by atoms with van der Waals surface area (Å²) in [4.78, 5) is 12.1. The Morgan fingerprint density at radius 3 is 2.39 bits per heavy atom. The van der Waals surface area contributed by atoms with Crippen LogP contribution in [0.5, 0.6) is 0 Å². The number of hydrogen-bond donors (Lipinski definition) is 2. The van der Waals surface area contributed by atoms with Crippen molar-refractivity contribution in [2.45, 2.75) is 26.3 Å². The van der Waals surface area contributed by atoms with Crippen LogP contribution < -0.4 is 11.1 Å². The second-order valence-corrected chi connectivity index (χ2v) is 4.97. The third-order valence-electron chi connectivity index (χ3n) is 2.57. The van der Waals surface area contributed by atoms with Gasteiger partial charge in [-0.1, -0.05) is 38.2 Å². The van der Waals surface area contributed by atoms with Crippen molar-refractivity contribution < 1.29 is 9.18 Å². The lowest BCUT2D eigenvalue weighted by Gasteiger charge is -2.21. The van der Waals surface area contributed by atoms with Crippen LogP contribution in [0.3, 0.4) is 0 Å². The van der Waals surface area contributed by atoms with Gasteiger partial charge in [-0.15, -0.1) is 0 Å². The molecule has 0 bridgehead atoms. The summed E-state index contributed by atoms with van der Waals surface area (Å²) in [6.45, 7) is 3.87. The van der Waals surface area contributed by atoms with Crippen molar-refractivity contribution in [3.8, 4) is 0 Å². The van der Waals surface area contributed by atoms with E-state index in [1.54, 1.807) is 12.1 Å². The molecule has 3 nitrogen and oxygen atoms in total. The van der Waals surface area contributed by atoms with E-state index < -0.39 is 0 Å². The highest BCUT2D eigenvalue weighted by Crippen LogP contribution is 2.06. The summed E-state index contributed by atoms with van der Waals surface area (Å²) in [5.41, 5.74) is 6.32. The normalized spacial score (nSPS) is 12.2. The molecule has 0 heterocycles. The van der Waals surface area contributed by atoms with E-state index in [0.717, 1.165) is 5.56 Å². The second-order valence-electron chi connectivity index (χ2n) is 4.49. The smallest absolute Gasteiger partial charge is 0.224 e. The number of nitrogens with two attached hydrogens (primary N) is 1. The van der Waals surface area contributed by atoms with Crippen LogP contribution in [-0.2, 0) is 11.2 Å². The fourth-order valence-corrected chi connectivity index (χ4v) is 1.91. The molecule has 1 unspecified atom stereocenters. The molecule has 98 valence electrons. The molecular weight excluding hydrogens is 251 g/mol. The first-order valence-electron chi connectivity index (χ1n) is 5.73. The number of thiocarbonyl (C=S) groups is 1. The van der Waals surface area contributed by atoms with Gasteiger partial charge in [0.2, 0.25) is 5.91 Å². The first-order valence-corrected chi connectivity index (χ1v) is 6.14. The number of halogens is 1. The number of hydrogen-bond acceptors (Lipinski definition) is 2. The minimum Gasteiger partial charge on any atom is -0.392 e. The fourth-order valence-electron chi connectivity index (χ4n) is 1.58. The molecule has 0 saturated heterocycles. The van der Waals surface area contributed by atoms with Crippen molar-refractivity contribution in [2.24, 2.45) is 11.7 Å². The number of carbonyl (C=O) groups excluding carboxylic acids is 1. The molecule has 0 spiro atoms. The van der Waals surface area contributed by atoms with Crippen molar-refractivity contribution in [2.75, 3.05) is 0 Å². The molecule has 0 aliphatic rings. The molecule has 1 rings (SSSR count). The second kappa shape index (κ2) is 6.44. The van der Waals surface area contributed by atoms with Crippen molar-refractivity contribution in [1.82, 2.24) is 5.32 Å². The van der Waals surface area contributed by atoms with Crippen LogP contribution in [0.25, 0.3) is 0 Å². The van der Waals surface area contributed by atoms with Gasteiger partial charge in [0.1, 0.15) is 5.82 Å². The Bertz CT molecular complexity index is 431. The zero-order chi connectivity index (χ0) is 13.7. The summed E-state index contributed by atoms with van der Waals surface area (Å²) < 4.78 is 12.7. The van der Waals surface area contributed by atoms with Gasteiger partial charge in [-0.2, -0.15) is 0 Å². The standard InChI is InChI=1S/C13H17FN2OS/c1-8(2)12(13(15)18)16-11(17)7-9-3-5-10(14)6-4-9/h3-6,8,12H,7H2,1-2H3,(H2,15,18)(H,16,17).